The molecule has 1 aliphatic heterocycles. The van der Waals surface area contributed by atoms with Crippen LogP contribution in [0.3, 0.4) is 0 Å². The quantitative estimate of drug-likeness (QED) is 0.460. The van der Waals surface area contributed by atoms with Crippen LogP contribution in [0.5, 0.6) is 0 Å². The molecule has 0 saturated carbocycles. The first-order valence-corrected chi connectivity index (χ1v) is 10.1. The fourth-order valence-corrected chi connectivity index (χ4v) is 3.71. The molecular weight excluding hydrogens is 364 g/mol. The van der Waals surface area contributed by atoms with Crippen LogP contribution < -0.4 is 16.4 Å². The topological polar surface area (TPSA) is 123 Å². The van der Waals surface area contributed by atoms with Crippen LogP contribution in [0.1, 0.15) is 32.9 Å². The van der Waals surface area contributed by atoms with E-state index in [1.54, 1.807) is 30.5 Å². The molecule has 7 nitrogen and oxygen atoms in total. The minimum absolute atomic E-state index is 0.198. The number of aryl methyl sites for hydroxylation is 1. The minimum Gasteiger partial charge on any atom is -0.612 e. The second-order valence-corrected chi connectivity index (χ2v) is 7.76. The number of nitrogens with one attached hydrogen (secondary N) is 3. The average Bonchev–Trinajstić information content (AvgIpc) is 3.08. The Hall–Kier alpha value is -2.55. The third-order valence-electron chi connectivity index (χ3n) is 4.53. The summed E-state index contributed by atoms with van der Waals surface area (Å²) in [6.07, 6.45) is 3.33. The van der Waals surface area contributed by atoms with Crippen LogP contribution in [0.15, 0.2) is 23.1 Å². The molecule has 3 rings (SSSR count). The molecule has 0 fully saturated rings. The highest BCUT2D eigenvalue weighted by Gasteiger charge is 2.27. The molecule has 1 atom stereocenters. The monoisotopic (exact) mass is 386 g/mol. The third-order valence-corrected chi connectivity index (χ3v) is 5.45. The van der Waals surface area contributed by atoms with Gasteiger partial charge in [0.1, 0.15) is 6.26 Å². The van der Waals surface area contributed by atoms with Crippen molar-refractivity contribution in [1.82, 2.24) is 10.3 Å². The first-order valence-electron chi connectivity index (χ1n) is 8.51. The van der Waals surface area contributed by atoms with Crippen LogP contribution in [0, 0.1) is 13.8 Å². The van der Waals surface area contributed by atoms with E-state index in [1.807, 2.05) is 13.8 Å². The van der Waals surface area contributed by atoms with Gasteiger partial charge >= 0.3 is 0 Å². The molecule has 27 heavy (non-hydrogen) atoms. The summed E-state index contributed by atoms with van der Waals surface area (Å²) in [5.41, 5.74) is 10.0. The summed E-state index contributed by atoms with van der Waals surface area (Å²) < 4.78 is 11.8. The highest BCUT2D eigenvalue weighted by Crippen LogP contribution is 2.35. The molecule has 1 aromatic carbocycles. The first kappa shape index (κ1) is 19.2. The van der Waals surface area contributed by atoms with Gasteiger partial charge in [0, 0.05) is 41.8 Å². The van der Waals surface area contributed by atoms with Crippen molar-refractivity contribution in [3.05, 3.63) is 46.3 Å². The molecule has 1 aromatic heterocycles. The third kappa shape index (κ3) is 3.64. The van der Waals surface area contributed by atoms with Gasteiger partial charge in [-0.3, -0.25) is 9.59 Å². The van der Waals surface area contributed by atoms with Crippen molar-refractivity contribution in [2.45, 2.75) is 18.7 Å². The highest BCUT2D eigenvalue weighted by molar-refractivity contribution is 7.90. The van der Waals surface area contributed by atoms with Crippen molar-refractivity contribution in [3.8, 4) is 0 Å². The summed E-state index contributed by atoms with van der Waals surface area (Å²) in [7, 11) is 0. The van der Waals surface area contributed by atoms with Gasteiger partial charge in [-0.05, 0) is 48.8 Å². The summed E-state index contributed by atoms with van der Waals surface area (Å²) in [5, 5.41) is 5.58. The average molecular weight is 386 g/mol. The fraction of sp³-hybridized carbons (Fsp3) is 0.263. The first-order chi connectivity index (χ1) is 12.8. The van der Waals surface area contributed by atoms with Crippen LogP contribution in [-0.2, 0) is 16.0 Å². The lowest BCUT2D eigenvalue weighted by atomic mass is 10.0. The van der Waals surface area contributed by atoms with Crippen LogP contribution >= 0.6 is 0 Å². The van der Waals surface area contributed by atoms with Gasteiger partial charge in [0.25, 0.3) is 11.8 Å². The molecule has 2 amide bonds. The lowest BCUT2D eigenvalue weighted by Crippen LogP contribution is -2.29. The van der Waals surface area contributed by atoms with E-state index in [1.165, 1.54) is 0 Å². The number of fused-ring (bicyclic) bond motifs is 1. The summed E-state index contributed by atoms with van der Waals surface area (Å²) >= 11 is -1.14. The number of carbonyl (C=O) groups excluding carboxylic acids is 2. The maximum Gasteiger partial charge on any atom is 0.256 e. The zero-order chi connectivity index (χ0) is 19.7. The van der Waals surface area contributed by atoms with Crippen LogP contribution in [0.25, 0.3) is 11.6 Å². The predicted molar refractivity (Wildman–Crippen MR) is 107 cm³/mol. The molecule has 0 spiro atoms. The molecule has 0 aliphatic carbocycles. The number of aromatic amines is 1. The van der Waals surface area contributed by atoms with Crippen molar-refractivity contribution < 1.29 is 14.1 Å². The molecule has 142 valence electrons. The van der Waals surface area contributed by atoms with Gasteiger partial charge in [0.15, 0.2) is 4.90 Å². The van der Waals surface area contributed by atoms with Gasteiger partial charge in [-0.1, -0.05) is 0 Å². The Morgan fingerprint density at radius 1 is 1.37 bits per heavy atom. The Morgan fingerprint density at radius 2 is 2.11 bits per heavy atom. The van der Waals surface area contributed by atoms with Gasteiger partial charge in [-0.15, -0.1) is 0 Å². The Balaban J connectivity index is 2.02. The highest BCUT2D eigenvalue weighted by atomic mass is 32.2. The van der Waals surface area contributed by atoms with E-state index in [-0.39, 0.29) is 11.8 Å². The number of nitrogens with two attached hydrogens (primary N) is 1. The maximum absolute atomic E-state index is 12.4. The van der Waals surface area contributed by atoms with Crippen molar-refractivity contribution in [1.29, 1.82) is 0 Å². The number of anilines is 1. The van der Waals surface area contributed by atoms with Crippen molar-refractivity contribution in [3.63, 3.8) is 0 Å². The van der Waals surface area contributed by atoms with Crippen molar-refractivity contribution in [2.24, 2.45) is 5.73 Å². The number of benzene rings is 1. The van der Waals surface area contributed by atoms with Crippen molar-refractivity contribution >= 4 is 40.3 Å². The molecule has 0 saturated heterocycles. The fourth-order valence-electron chi connectivity index (χ4n) is 3.17. The van der Waals surface area contributed by atoms with E-state index >= 15 is 0 Å². The second-order valence-electron chi connectivity index (χ2n) is 6.38. The molecule has 0 radical (unpaired) electrons. The number of H-pyrrole nitrogens is 1. The second kappa shape index (κ2) is 7.59. The SMILES string of the molecule is Cc1[nH]c(/C=C2\C(=O)Nc3ccc([S+](C)[O-])cc32)c(C)c1C(=O)NCCN. The van der Waals surface area contributed by atoms with E-state index in [0.29, 0.717) is 46.1 Å². The van der Waals surface area contributed by atoms with Gasteiger partial charge < -0.3 is 25.9 Å². The molecule has 1 unspecified atom stereocenters. The van der Waals surface area contributed by atoms with E-state index in [4.69, 9.17) is 5.73 Å². The normalized spacial score (nSPS) is 15.6. The Morgan fingerprint density at radius 3 is 2.78 bits per heavy atom. The smallest absolute Gasteiger partial charge is 0.256 e. The van der Waals surface area contributed by atoms with E-state index in [2.05, 4.69) is 15.6 Å². The minimum atomic E-state index is -1.14. The summed E-state index contributed by atoms with van der Waals surface area (Å²) in [6.45, 7) is 4.40. The van der Waals surface area contributed by atoms with Gasteiger partial charge in [0.05, 0.1) is 11.1 Å². The largest absolute Gasteiger partial charge is 0.612 e. The summed E-state index contributed by atoms with van der Waals surface area (Å²) in [5.74, 6) is -0.430. The Bertz CT molecular complexity index is 947. The molecule has 2 aromatic rings. The van der Waals surface area contributed by atoms with Crippen LogP contribution in [-0.4, -0.2) is 40.7 Å². The zero-order valence-electron chi connectivity index (χ0n) is 15.4. The molecule has 5 N–H and O–H groups in total. The molecule has 0 bridgehead atoms. The number of rotatable bonds is 5. The lowest BCUT2D eigenvalue weighted by molar-refractivity contribution is -0.110. The molecule has 2 heterocycles. The van der Waals surface area contributed by atoms with Gasteiger partial charge in [-0.25, -0.2) is 0 Å². The van der Waals surface area contributed by atoms with Gasteiger partial charge in [0.2, 0.25) is 0 Å². The summed E-state index contributed by atoms with van der Waals surface area (Å²) in [6, 6.07) is 5.25. The van der Waals surface area contributed by atoms with E-state index in [0.717, 1.165) is 11.3 Å². The molecule has 8 heteroatoms. The zero-order valence-corrected chi connectivity index (χ0v) is 16.3. The number of hydrogen-bond acceptors (Lipinski definition) is 4. The number of aromatic nitrogens is 1. The van der Waals surface area contributed by atoms with Crippen LogP contribution in [0.4, 0.5) is 5.69 Å². The Labute approximate surface area is 160 Å². The van der Waals surface area contributed by atoms with Crippen molar-refractivity contribution in [2.75, 3.05) is 24.7 Å². The summed E-state index contributed by atoms with van der Waals surface area (Å²) in [4.78, 5) is 28.6. The predicted octanol–water partition coefficient (Wildman–Crippen LogP) is 1.55. The van der Waals surface area contributed by atoms with Gasteiger partial charge in [-0.2, -0.15) is 0 Å². The molecular formula is C19H22N4O3S. The lowest BCUT2D eigenvalue weighted by Gasteiger charge is -2.06. The maximum atomic E-state index is 12.4. The van der Waals surface area contributed by atoms with E-state index in [9.17, 15) is 14.1 Å². The molecule has 1 aliphatic rings. The Kier molecular flexibility index (Phi) is 5.41. The number of hydrogen-bond donors (Lipinski definition) is 4. The number of amides is 2. The number of carbonyl (C=O) groups is 2. The van der Waals surface area contributed by atoms with Crippen LogP contribution in [0.2, 0.25) is 0 Å². The van der Waals surface area contributed by atoms with E-state index < -0.39 is 11.2 Å². The standard InChI is InChI=1S/C19H22N4O3S/c1-10-16(22-11(2)17(10)19(25)21-7-6-20)9-14-13-8-12(27(3)26)4-5-15(13)23-18(14)24/h4-5,8-9,22H,6-7,20H2,1-3H3,(H,21,25)(H,23,24)/b14-9-.